The van der Waals surface area contributed by atoms with Gasteiger partial charge in [-0.05, 0) is 23.8 Å². The van der Waals surface area contributed by atoms with Crippen molar-refractivity contribution in [3.63, 3.8) is 0 Å². The number of aryl methyl sites for hydroxylation is 1. The van der Waals surface area contributed by atoms with Gasteiger partial charge in [-0.3, -0.25) is 4.79 Å². The van der Waals surface area contributed by atoms with E-state index in [0.29, 0.717) is 23.6 Å². The largest absolute Gasteiger partial charge is 0.484 e. The molecule has 1 aromatic carbocycles. The number of Topliss-reactive ketones (excluding diaryl/α,β-unsaturated/α-hetero) is 1. The number of nitrogens with zero attached hydrogens (tertiary/aromatic N) is 4. The molecular formula is C13H14Cl2N4O2. The molecule has 1 aromatic heterocycles. The molecule has 2 rings (SSSR count). The summed E-state index contributed by atoms with van der Waals surface area (Å²) in [6.07, 6.45) is 1.18. The average Bonchev–Trinajstić information content (AvgIpc) is 2.86. The Morgan fingerprint density at radius 3 is 2.71 bits per heavy atom. The molecule has 0 unspecified atom stereocenters. The Balaban J connectivity index is 2.14. The summed E-state index contributed by atoms with van der Waals surface area (Å²) < 4.78 is 5.51. The molecule has 0 fully saturated rings. The number of carbonyl (C=O) groups excluding carboxylic acids is 1. The topological polar surface area (TPSA) is 69.9 Å². The van der Waals surface area contributed by atoms with Crippen LogP contribution in [0.15, 0.2) is 12.1 Å². The molecule has 0 atom stereocenters. The molecule has 0 amide bonds. The Morgan fingerprint density at radius 1 is 1.33 bits per heavy atom. The van der Waals surface area contributed by atoms with Crippen LogP contribution in [0.25, 0.3) is 0 Å². The van der Waals surface area contributed by atoms with Gasteiger partial charge in [-0.15, -0.1) is 10.2 Å². The van der Waals surface area contributed by atoms with E-state index in [1.165, 1.54) is 4.80 Å². The summed E-state index contributed by atoms with van der Waals surface area (Å²) >= 11 is 12.3. The van der Waals surface area contributed by atoms with Crippen LogP contribution in [0, 0.1) is 0 Å². The van der Waals surface area contributed by atoms with Gasteiger partial charge in [0.2, 0.25) is 5.82 Å². The van der Waals surface area contributed by atoms with Crippen molar-refractivity contribution in [3.8, 4) is 5.75 Å². The van der Waals surface area contributed by atoms with E-state index >= 15 is 0 Å². The Kier molecular flexibility index (Phi) is 5.14. The first-order chi connectivity index (χ1) is 10.0. The molecule has 0 radical (unpaired) electrons. The van der Waals surface area contributed by atoms with Crippen LogP contribution < -0.4 is 4.74 Å². The van der Waals surface area contributed by atoms with E-state index in [1.807, 2.05) is 6.92 Å². The minimum absolute atomic E-state index is 0.0356. The summed E-state index contributed by atoms with van der Waals surface area (Å²) in [7, 11) is 1.66. The minimum Gasteiger partial charge on any atom is -0.484 e. The summed E-state index contributed by atoms with van der Waals surface area (Å²) in [5, 5.41) is 11.9. The lowest BCUT2D eigenvalue weighted by Gasteiger charge is -2.10. The van der Waals surface area contributed by atoms with Crippen LogP contribution in [0.1, 0.15) is 35.9 Å². The predicted molar refractivity (Wildman–Crippen MR) is 78.8 cm³/mol. The number of rotatable bonds is 6. The highest BCUT2D eigenvalue weighted by atomic mass is 35.5. The fourth-order valence-electron chi connectivity index (χ4n) is 1.74. The fraction of sp³-hybridized carbons (Fsp3) is 0.385. The third-order valence-electron chi connectivity index (χ3n) is 2.73. The lowest BCUT2D eigenvalue weighted by Crippen LogP contribution is -2.03. The van der Waals surface area contributed by atoms with E-state index in [2.05, 4.69) is 15.4 Å². The molecule has 8 heteroatoms. The van der Waals surface area contributed by atoms with E-state index in [0.717, 1.165) is 6.42 Å². The molecule has 6 nitrogen and oxygen atoms in total. The van der Waals surface area contributed by atoms with E-state index in [4.69, 9.17) is 27.9 Å². The van der Waals surface area contributed by atoms with Crippen molar-refractivity contribution in [2.24, 2.45) is 7.05 Å². The first-order valence-corrected chi connectivity index (χ1v) is 7.15. The van der Waals surface area contributed by atoms with Gasteiger partial charge in [0, 0.05) is 12.0 Å². The number of ether oxygens (including phenoxy) is 1. The summed E-state index contributed by atoms with van der Waals surface area (Å²) in [5.74, 6) is 0.768. The number of hydrogen-bond donors (Lipinski definition) is 0. The molecule has 1 heterocycles. The maximum atomic E-state index is 11.9. The van der Waals surface area contributed by atoms with Gasteiger partial charge in [-0.1, -0.05) is 30.1 Å². The number of hydrogen-bond acceptors (Lipinski definition) is 5. The van der Waals surface area contributed by atoms with Crippen LogP contribution in [0.5, 0.6) is 5.75 Å². The molecule has 0 aliphatic heterocycles. The van der Waals surface area contributed by atoms with E-state index in [1.54, 1.807) is 19.2 Å². The zero-order chi connectivity index (χ0) is 15.4. The van der Waals surface area contributed by atoms with Crippen molar-refractivity contribution < 1.29 is 9.53 Å². The van der Waals surface area contributed by atoms with Crippen molar-refractivity contribution in [2.75, 3.05) is 0 Å². The molecule has 0 aliphatic carbocycles. The van der Waals surface area contributed by atoms with Crippen LogP contribution in [0.3, 0.4) is 0 Å². The Hall–Kier alpha value is -1.66. The first-order valence-electron chi connectivity index (χ1n) is 6.39. The van der Waals surface area contributed by atoms with E-state index in [-0.39, 0.29) is 22.4 Å². The maximum Gasteiger partial charge on any atom is 0.212 e. The number of ketones is 1. The van der Waals surface area contributed by atoms with Crippen LogP contribution in [0.2, 0.25) is 10.0 Å². The Labute approximate surface area is 132 Å². The van der Waals surface area contributed by atoms with Crippen molar-refractivity contribution in [1.82, 2.24) is 20.2 Å². The number of benzene rings is 1. The monoisotopic (exact) mass is 328 g/mol. The van der Waals surface area contributed by atoms with Gasteiger partial charge >= 0.3 is 0 Å². The van der Waals surface area contributed by atoms with Crippen LogP contribution in [-0.4, -0.2) is 26.0 Å². The lowest BCUT2D eigenvalue weighted by molar-refractivity contribution is 0.0982. The summed E-state index contributed by atoms with van der Waals surface area (Å²) in [4.78, 5) is 13.2. The molecule has 21 heavy (non-hydrogen) atoms. The smallest absolute Gasteiger partial charge is 0.212 e. The van der Waals surface area contributed by atoms with Gasteiger partial charge < -0.3 is 4.74 Å². The average molecular weight is 329 g/mol. The molecule has 0 saturated carbocycles. The Morgan fingerprint density at radius 2 is 2.10 bits per heavy atom. The highest BCUT2D eigenvalue weighted by Gasteiger charge is 2.16. The zero-order valence-electron chi connectivity index (χ0n) is 11.6. The van der Waals surface area contributed by atoms with Crippen LogP contribution in [-0.2, 0) is 13.7 Å². The van der Waals surface area contributed by atoms with Gasteiger partial charge in [0.1, 0.15) is 10.8 Å². The predicted octanol–water partition coefficient (Wildman–Crippen LogP) is 3.08. The molecule has 0 spiro atoms. The van der Waals surface area contributed by atoms with Crippen molar-refractivity contribution in [2.45, 2.75) is 26.4 Å². The van der Waals surface area contributed by atoms with Crippen molar-refractivity contribution >= 4 is 29.0 Å². The normalized spacial score (nSPS) is 10.7. The van der Waals surface area contributed by atoms with E-state index in [9.17, 15) is 4.79 Å². The number of halogens is 2. The number of carbonyl (C=O) groups is 1. The minimum atomic E-state index is -0.0356. The zero-order valence-corrected chi connectivity index (χ0v) is 13.1. The van der Waals surface area contributed by atoms with Crippen molar-refractivity contribution in [3.05, 3.63) is 33.6 Å². The van der Waals surface area contributed by atoms with Crippen LogP contribution in [0.4, 0.5) is 0 Å². The van der Waals surface area contributed by atoms with Gasteiger partial charge in [-0.25, -0.2) is 0 Å². The third kappa shape index (κ3) is 3.71. The quantitative estimate of drug-likeness (QED) is 0.762. The highest BCUT2D eigenvalue weighted by molar-refractivity contribution is 6.44. The van der Waals surface area contributed by atoms with Gasteiger partial charge in [0.15, 0.2) is 12.4 Å². The number of tetrazole rings is 1. The lowest BCUT2D eigenvalue weighted by atomic mass is 10.1. The van der Waals surface area contributed by atoms with Gasteiger partial charge in [0.05, 0.1) is 12.1 Å². The molecule has 0 N–H and O–H groups in total. The summed E-state index contributed by atoms with van der Waals surface area (Å²) in [6.45, 7) is 2.05. The summed E-state index contributed by atoms with van der Waals surface area (Å²) in [5.41, 5.74) is 0.411. The molecular weight excluding hydrogens is 315 g/mol. The van der Waals surface area contributed by atoms with E-state index < -0.39 is 0 Å². The van der Waals surface area contributed by atoms with Crippen molar-refractivity contribution in [1.29, 1.82) is 0 Å². The standard InChI is InChI=1S/C13H14Cl2N4O2/c1-3-4-9(20)8-5-6-10(13(15)12(8)14)21-7-11-16-18-19(2)17-11/h5-6H,3-4,7H2,1-2H3. The molecule has 0 bridgehead atoms. The highest BCUT2D eigenvalue weighted by Crippen LogP contribution is 2.35. The van der Waals surface area contributed by atoms with Crippen LogP contribution >= 0.6 is 23.2 Å². The first kappa shape index (κ1) is 15.7. The van der Waals surface area contributed by atoms with Gasteiger partial charge in [0.25, 0.3) is 0 Å². The maximum absolute atomic E-state index is 11.9. The number of aromatic nitrogens is 4. The second kappa shape index (κ2) is 6.87. The Bertz CT molecular complexity index is 658. The summed E-state index contributed by atoms with van der Waals surface area (Å²) in [6, 6.07) is 3.24. The molecule has 0 saturated heterocycles. The van der Waals surface area contributed by atoms with Gasteiger partial charge in [-0.2, -0.15) is 4.80 Å². The molecule has 2 aromatic rings. The third-order valence-corrected chi connectivity index (χ3v) is 3.60. The molecule has 112 valence electrons. The second-order valence-electron chi connectivity index (χ2n) is 4.40. The SMILES string of the molecule is CCCC(=O)c1ccc(OCc2nnn(C)n2)c(Cl)c1Cl. The molecule has 0 aliphatic rings. The second-order valence-corrected chi connectivity index (χ2v) is 5.15. The fourth-order valence-corrected chi connectivity index (χ4v) is 2.22.